The molecule has 1 aromatic rings. The van der Waals surface area contributed by atoms with E-state index < -0.39 is 5.60 Å². The van der Waals surface area contributed by atoms with Crippen molar-refractivity contribution in [3.63, 3.8) is 0 Å². The van der Waals surface area contributed by atoms with E-state index in [1.165, 1.54) is 6.42 Å². The van der Waals surface area contributed by atoms with Gasteiger partial charge in [-0.05, 0) is 37.2 Å². The van der Waals surface area contributed by atoms with Crippen molar-refractivity contribution in [2.75, 3.05) is 7.11 Å². The van der Waals surface area contributed by atoms with Gasteiger partial charge in [-0.15, -0.1) is 0 Å². The molecule has 1 aromatic heterocycles. The average molecular weight is 235 g/mol. The largest absolute Gasteiger partial charge is 0.495 e. The third kappa shape index (κ3) is 2.60. The van der Waals surface area contributed by atoms with Crippen molar-refractivity contribution in [3.05, 3.63) is 24.0 Å². The van der Waals surface area contributed by atoms with Crippen molar-refractivity contribution >= 4 is 0 Å². The van der Waals surface area contributed by atoms with Crippen LogP contribution in [0.25, 0.3) is 0 Å². The van der Waals surface area contributed by atoms with Crippen LogP contribution >= 0.6 is 0 Å². The van der Waals surface area contributed by atoms with Gasteiger partial charge in [0.1, 0.15) is 5.75 Å². The molecule has 1 saturated carbocycles. The Bertz CT molecular complexity index is 382. The fourth-order valence-corrected chi connectivity index (χ4v) is 3.11. The summed E-state index contributed by atoms with van der Waals surface area (Å²) in [6.07, 6.45) is 6.24. The highest BCUT2D eigenvalue weighted by atomic mass is 16.5. The maximum Gasteiger partial charge on any atom is 0.137 e. The first-order valence-electron chi connectivity index (χ1n) is 6.25. The van der Waals surface area contributed by atoms with Crippen LogP contribution in [0.3, 0.4) is 0 Å². The number of pyridine rings is 1. The Morgan fingerprint density at radius 2 is 1.94 bits per heavy atom. The van der Waals surface area contributed by atoms with Gasteiger partial charge < -0.3 is 9.84 Å². The fraction of sp³-hybridized carbons (Fsp3) is 0.643. The summed E-state index contributed by atoms with van der Waals surface area (Å²) in [6.45, 7) is 4.41. The summed E-state index contributed by atoms with van der Waals surface area (Å²) in [6, 6.07) is 1.90. The van der Waals surface area contributed by atoms with Crippen LogP contribution in [0.4, 0.5) is 0 Å². The summed E-state index contributed by atoms with van der Waals surface area (Å²) in [5.41, 5.74) is 0.147. The first-order chi connectivity index (χ1) is 8.03. The Kier molecular flexibility index (Phi) is 3.38. The van der Waals surface area contributed by atoms with Crippen molar-refractivity contribution in [3.8, 4) is 5.75 Å². The molecule has 1 aliphatic carbocycles. The molecule has 0 spiro atoms. The second-order valence-electron chi connectivity index (χ2n) is 5.50. The SMILES string of the molecule is COc1cncc(C2(O)CC(C)CC(C)C2)c1. The Morgan fingerprint density at radius 1 is 1.29 bits per heavy atom. The van der Waals surface area contributed by atoms with Crippen LogP contribution in [0.5, 0.6) is 5.75 Å². The Labute approximate surface area is 103 Å². The molecule has 2 rings (SSSR count). The zero-order valence-electron chi connectivity index (χ0n) is 10.8. The molecule has 2 atom stereocenters. The number of methoxy groups -OCH3 is 1. The molecule has 0 amide bonds. The van der Waals surface area contributed by atoms with Gasteiger partial charge in [0.2, 0.25) is 0 Å². The summed E-state index contributed by atoms with van der Waals surface area (Å²) in [7, 11) is 1.62. The lowest BCUT2D eigenvalue weighted by Crippen LogP contribution is -2.35. The fourth-order valence-electron chi connectivity index (χ4n) is 3.11. The van der Waals surface area contributed by atoms with Crippen LogP contribution in [0, 0.1) is 11.8 Å². The molecular formula is C14H21NO2. The van der Waals surface area contributed by atoms with Gasteiger partial charge in [0.15, 0.2) is 0 Å². The maximum atomic E-state index is 10.8. The Hall–Kier alpha value is -1.09. The van der Waals surface area contributed by atoms with E-state index in [4.69, 9.17) is 4.74 Å². The van der Waals surface area contributed by atoms with Gasteiger partial charge >= 0.3 is 0 Å². The standard InChI is InChI=1S/C14H21NO2/c1-10-4-11(2)7-14(16,6-10)12-5-13(17-3)9-15-8-12/h5,8-11,16H,4,6-7H2,1-3H3. The van der Waals surface area contributed by atoms with E-state index in [0.717, 1.165) is 18.4 Å². The molecule has 94 valence electrons. The average Bonchev–Trinajstić information content (AvgIpc) is 2.27. The quantitative estimate of drug-likeness (QED) is 0.857. The number of rotatable bonds is 2. The Morgan fingerprint density at radius 3 is 2.53 bits per heavy atom. The maximum absolute atomic E-state index is 10.8. The predicted molar refractivity (Wildman–Crippen MR) is 66.9 cm³/mol. The molecule has 3 heteroatoms. The van der Waals surface area contributed by atoms with Gasteiger partial charge in [0.05, 0.1) is 18.9 Å². The smallest absolute Gasteiger partial charge is 0.137 e. The van der Waals surface area contributed by atoms with E-state index >= 15 is 0 Å². The normalized spacial score (nSPS) is 33.4. The van der Waals surface area contributed by atoms with Crippen molar-refractivity contribution < 1.29 is 9.84 Å². The van der Waals surface area contributed by atoms with Crippen LogP contribution in [0.1, 0.15) is 38.7 Å². The minimum Gasteiger partial charge on any atom is -0.495 e. The molecule has 0 saturated heterocycles. The third-order valence-corrected chi connectivity index (χ3v) is 3.66. The summed E-state index contributed by atoms with van der Waals surface area (Å²) in [5.74, 6) is 1.81. The van der Waals surface area contributed by atoms with Crippen LogP contribution in [-0.2, 0) is 5.60 Å². The number of hydrogen-bond donors (Lipinski definition) is 1. The van der Waals surface area contributed by atoms with Gasteiger partial charge in [-0.25, -0.2) is 0 Å². The van der Waals surface area contributed by atoms with Crippen LogP contribution in [0.2, 0.25) is 0 Å². The number of aliphatic hydroxyl groups is 1. The first-order valence-corrected chi connectivity index (χ1v) is 6.25. The van der Waals surface area contributed by atoms with Crippen LogP contribution in [0.15, 0.2) is 18.5 Å². The lowest BCUT2D eigenvalue weighted by Gasteiger charge is -2.39. The molecule has 2 unspecified atom stereocenters. The summed E-state index contributed by atoms with van der Waals surface area (Å²) < 4.78 is 5.17. The number of ether oxygens (including phenoxy) is 1. The van der Waals surface area contributed by atoms with Crippen molar-refractivity contribution in [1.29, 1.82) is 0 Å². The molecule has 1 fully saturated rings. The molecule has 1 aliphatic rings. The molecule has 1 heterocycles. The van der Waals surface area contributed by atoms with Crippen molar-refractivity contribution in [2.45, 2.75) is 38.7 Å². The van der Waals surface area contributed by atoms with Crippen LogP contribution < -0.4 is 4.74 Å². The molecule has 3 nitrogen and oxygen atoms in total. The Balaban J connectivity index is 2.29. The third-order valence-electron chi connectivity index (χ3n) is 3.66. The number of nitrogens with zero attached hydrogens (tertiary/aromatic N) is 1. The lowest BCUT2D eigenvalue weighted by atomic mass is 9.71. The van der Waals surface area contributed by atoms with Crippen molar-refractivity contribution in [2.24, 2.45) is 11.8 Å². The van der Waals surface area contributed by atoms with E-state index in [2.05, 4.69) is 18.8 Å². The summed E-state index contributed by atoms with van der Waals surface area (Å²) in [5, 5.41) is 10.8. The first kappa shape index (κ1) is 12.4. The highest BCUT2D eigenvalue weighted by Crippen LogP contribution is 2.42. The molecule has 0 aliphatic heterocycles. The van der Waals surface area contributed by atoms with E-state index in [1.807, 2.05) is 6.07 Å². The number of aromatic nitrogens is 1. The molecule has 0 aromatic carbocycles. The topological polar surface area (TPSA) is 42.4 Å². The van der Waals surface area contributed by atoms with Gasteiger partial charge in [0, 0.05) is 11.8 Å². The van der Waals surface area contributed by atoms with Gasteiger partial charge in [0.25, 0.3) is 0 Å². The van der Waals surface area contributed by atoms with E-state index in [1.54, 1.807) is 19.5 Å². The van der Waals surface area contributed by atoms with Crippen molar-refractivity contribution in [1.82, 2.24) is 4.98 Å². The van der Waals surface area contributed by atoms with E-state index in [9.17, 15) is 5.11 Å². The zero-order valence-corrected chi connectivity index (χ0v) is 10.8. The second-order valence-corrected chi connectivity index (χ2v) is 5.50. The van der Waals surface area contributed by atoms with E-state index in [-0.39, 0.29) is 0 Å². The van der Waals surface area contributed by atoms with Gasteiger partial charge in [-0.1, -0.05) is 13.8 Å². The summed E-state index contributed by atoms with van der Waals surface area (Å²) >= 11 is 0. The minimum absolute atomic E-state index is 0.551. The molecule has 17 heavy (non-hydrogen) atoms. The molecule has 0 bridgehead atoms. The molecule has 0 radical (unpaired) electrons. The van der Waals surface area contributed by atoms with Crippen LogP contribution in [-0.4, -0.2) is 17.2 Å². The minimum atomic E-state index is -0.737. The highest BCUT2D eigenvalue weighted by molar-refractivity contribution is 5.28. The molecule has 1 N–H and O–H groups in total. The monoisotopic (exact) mass is 235 g/mol. The van der Waals surface area contributed by atoms with Gasteiger partial charge in [-0.2, -0.15) is 0 Å². The zero-order chi connectivity index (χ0) is 12.5. The highest BCUT2D eigenvalue weighted by Gasteiger charge is 2.37. The summed E-state index contributed by atoms with van der Waals surface area (Å²) in [4.78, 5) is 4.14. The molecular weight excluding hydrogens is 214 g/mol. The number of hydrogen-bond acceptors (Lipinski definition) is 3. The predicted octanol–water partition coefficient (Wildman–Crippen LogP) is 2.73. The second kappa shape index (κ2) is 4.65. The van der Waals surface area contributed by atoms with E-state index in [0.29, 0.717) is 17.6 Å². The lowest BCUT2D eigenvalue weighted by molar-refractivity contribution is -0.0366. The van der Waals surface area contributed by atoms with Gasteiger partial charge in [-0.3, -0.25) is 4.98 Å².